The largest absolute Gasteiger partial charge is 0.383 e. The highest BCUT2D eigenvalue weighted by atomic mass is 19.1. The smallest absolute Gasteiger partial charge is 0.125 e. The van der Waals surface area contributed by atoms with Crippen LogP contribution in [0.15, 0.2) is 18.2 Å². The minimum absolute atomic E-state index is 0.188. The van der Waals surface area contributed by atoms with Crippen LogP contribution < -0.4 is 10.6 Å². The summed E-state index contributed by atoms with van der Waals surface area (Å²) in [6.45, 7) is 7.64. The third-order valence-corrected chi connectivity index (χ3v) is 3.01. The highest BCUT2D eigenvalue weighted by Gasteiger charge is 2.21. The van der Waals surface area contributed by atoms with Gasteiger partial charge in [0.15, 0.2) is 0 Å². The Bertz CT molecular complexity index is 396. The molecule has 0 aromatic heterocycles. The Kier molecular flexibility index (Phi) is 3.27. The van der Waals surface area contributed by atoms with Gasteiger partial charge in [0, 0.05) is 12.6 Å². The zero-order valence-corrected chi connectivity index (χ0v) is 10.8. The molecule has 0 bridgehead atoms. The van der Waals surface area contributed by atoms with Crippen LogP contribution in [-0.2, 0) is 0 Å². The number of fused-ring (bicyclic) bond motifs is 1. The van der Waals surface area contributed by atoms with E-state index in [1.807, 2.05) is 6.07 Å². The molecule has 17 heavy (non-hydrogen) atoms. The van der Waals surface area contributed by atoms with E-state index in [-0.39, 0.29) is 5.82 Å². The van der Waals surface area contributed by atoms with E-state index in [0.29, 0.717) is 11.5 Å². The van der Waals surface area contributed by atoms with Gasteiger partial charge in [-0.15, -0.1) is 0 Å². The van der Waals surface area contributed by atoms with Gasteiger partial charge in [0.25, 0.3) is 0 Å². The Hall–Kier alpha value is -1.25. The summed E-state index contributed by atoms with van der Waals surface area (Å²) in [5.41, 5.74) is 2.20. The van der Waals surface area contributed by atoms with Crippen molar-refractivity contribution in [3.63, 3.8) is 0 Å². The van der Waals surface area contributed by atoms with Gasteiger partial charge in [0.2, 0.25) is 0 Å². The molecule has 0 aliphatic carbocycles. The van der Waals surface area contributed by atoms with E-state index in [1.54, 1.807) is 6.07 Å². The van der Waals surface area contributed by atoms with Crippen LogP contribution in [0.5, 0.6) is 0 Å². The van der Waals surface area contributed by atoms with E-state index in [9.17, 15) is 4.39 Å². The van der Waals surface area contributed by atoms with Crippen LogP contribution in [0.25, 0.3) is 0 Å². The van der Waals surface area contributed by atoms with Crippen molar-refractivity contribution in [2.75, 3.05) is 17.2 Å². The molecule has 1 aliphatic heterocycles. The van der Waals surface area contributed by atoms with E-state index in [1.165, 1.54) is 6.07 Å². The summed E-state index contributed by atoms with van der Waals surface area (Å²) in [6, 6.07) is 5.34. The van der Waals surface area contributed by atoms with Crippen LogP contribution in [-0.4, -0.2) is 12.6 Å². The van der Waals surface area contributed by atoms with Crippen molar-refractivity contribution in [1.82, 2.24) is 0 Å². The minimum atomic E-state index is -0.188. The first kappa shape index (κ1) is 12.2. The van der Waals surface area contributed by atoms with E-state index in [2.05, 4.69) is 31.4 Å². The van der Waals surface area contributed by atoms with Gasteiger partial charge in [-0.3, -0.25) is 0 Å². The summed E-state index contributed by atoms with van der Waals surface area (Å²) in [5.74, 6) is -0.188. The summed E-state index contributed by atoms with van der Waals surface area (Å²) in [7, 11) is 0. The SMILES string of the molecule is CC(C)(C)CC1CCNc2cc(F)ccc2N1. The Morgan fingerprint density at radius 2 is 2.06 bits per heavy atom. The first-order valence-electron chi connectivity index (χ1n) is 6.24. The molecule has 1 heterocycles. The zero-order valence-electron chi connectivity index (χ0n) is 10.8. The number of hydrogen-bond acceptors (Lipinski definition) is 2. The standard InChI is InChI=1S/C14H21FN2/c1-14(2,3)9-11-6-7-16-13-8-10(15)4-5-12(13)17-11/h4-5,8,11,16-17H,6-7,9H2,1-3H3. The Morgan fingerprint density at radius 3 is 2.76 bits per heavy atom. The van der Waals surface area contributed by atoms with Gasteiger partial charge in [-0.05, 0) is 36.5 Å². The van der Waals surface area contributed by atoms with Crippen LogP contribution in [0.1, 0.15) is 33.6 Å². The predicted octanol–water partition coefficient (Wildman–Crippen LogP) is 3.86. The average molecular weight is 236 g/mol. The summed E-state index contributed by atoms with van der Waals surface area (Å²) in [5, 5.41) is 6.79. The molecule has 1 atom stereocenters. The van der Waals surface area contributed by atoms with E-state index in [4.69, 9.17) is 0 Å². The average Bonchev–Trinajstić information content (AvgIpc) is 2.36. The quantitative estimate of drug-likeness (QED) is 0.773. The fraction of sp³-hybridized carbons (Fsp3) is 0.571. The monoisotopic (exact) mass is 236 g/mol. The van der Waals surface area contributed by atoms with E-state index >= 15 is 0 Å². The van der Waals surface area contributed by atoms with Gasteiger partial charge < -0.3 is 10.6 Å². The molecule has 0 saturated heterocycles. The third kappa shape index (κ3) is 3.35. The van der Waals surface area contributed by atoms with E-state index < -0.39 is 0 Å². The summed E-state index contributed by atoms with van der Waals surface area (Å²) >= 11 is 0. The molecule has 0 radical (unpaired) electrons. The fourth-order valence-electron chi connectivity index (χ4n) is 2.35. The number of rotatable bonds is 1. The van der Waals surface area contributed by atoms with Gasteiger partial charge in [-0.1, -0.05) is 20.8 Å². The minimum Gasteiger partial charge on any atom is -0.383 e. The predicted molar refractivity (Wildman–Crippen MR) is 71.0 cm³/mol. The molecular formula is C14H21FN2. The van der Waals surface area contributed by atoms with Gasteiger partial charge in [0.1, 0.15) is 5.82 Å². The van der Waals surface area contributed by atoms with Crippen molar-refractivity contribution >= 4 is 11.4 Å². The summed E-state index contributed by atoms with van der Waals surface area (Å²) < 4.78 is 13.1. The van der Waals surface area contributed by atoms with Gasteiger partial charge in [0.05, 0.1) is 11.4 Å². The van der Waals surface area contributed by atoms with Gasteiger partial charge in [-0.25, -0.2) is 4.39 Å². The first-order valence-corrected chi connectivity index (χ1v) is 6.24. The van der Waals surface area contributed by atoms with Gasteiger partial charge >= 0.3 is 0 Å². The third-order valence-electron chi connectivity index (χ3n) is 3.01. The van der Waals surface area contributed by atoms with Crippen molar-refractivity contribution < 1.29 is 4.39 Å². The molecule has 1 aliphatic rings. The number of benzene rings is 1. The maximum atomic E-state index is 13.1. The molecule has 94 valence electrons. The number of anilines is 2. The lowest BCUT2D eigenvalue weighted by Gasteiger charge is -2.26. The summed E-state index contributed by atoms with van der Waals surface area (Å²) in [6.07, 6.45) is 2.18. The molecule has 2 N–H and O–H groups in total. The second-order valence-corrected chi connectivity index (χ2v) is 6.01. The van der Waals surface area contributed by atoms with Gasteiger partial charge in [-0.2, -0.15) is 0 Å². The summed E-state index contributed by atoms with van der Waals surface area (Å²) in [4.78, 5) is 0. The topological polar surface area (TPSA) is 24.1 Å². The lowest BCUT2D eigenvalue weighted by Crippen LogP contribution is -2.25. The molecule has 0 saturated carbocycles. The molecule has 1 unspecified atom stereocenters. The van der Waals surface area contributed by atoms with Crippen LogP contribution in [0.3, 0.4) is 0 Å². The second kappa shape index (κ2) is 4.55. The molecule has 0 fully saturated rings. The maximum Gasteiger partial charge on any atom is 0.125 e. The molecule has 3 heteroatoms. The highest BCUT2D eigenvalue weighted by molar-refractivity contribution is 5.69. The van der Waals surface area contributed by atoms with Crippen molar-refractivity contribution in [3.8, 4) is 0 Å². The maximum absolute atomic E-state index is 13.1. The lowest BCUT2D eigenvalue weighted by molar-refractivity contribution is 0.345. The van der Waals surface area contributed by atoms with Crippen LogP contribution >= 0.6 is 0 Å². The van der Waals surface area contributed by atoms with Crippen LogP contribution in [0.4, 0.5) is 15.8 Å². The Labute approximate surface area is 103 Å². The van der Waals surface area contributed by atoms with E-state index in [0.717, 1.165) is 30.8 Å². The van der Waals surface area contributed by atoms with Crippen molar-refractivity contribution in [2.45, 2.75) is 39.7 Å². The number of nitrogens with one attached hydrogen (secondary N) is 2. The fourth-order valence-corrected chi connectivity index (χ4v) is 2.35. The molecule has 0 amide bonds. The van der Waals surface area contributed by atoms with Crippen molar-refractivity contribution in [2.24, 2.45) is 5.41 Å². The zero-order chi connectivity index (χ0) is 12.5. The van der Waals surface area contributed by atoms with Crippen molar-refractivity contribution in [1.29, 1.82) is 0 Å². The lowest BCUT2D eigenvalue weighted by atomic mass is 9.87. The highest BCUT2D eigenvalue weighted by Crippen LogP contribution is 2.30. The molecule has 2 nitrogen and oxygen atoms in total. The molecule has 1 aromatic carbocycles. The molecule has 0 spiro atoms. The van der Waals surface area contributed by atoms with Crippen LogP contribution in [0, 0.1) is 11.2 Å². The molecular weight excluding hydrogens is 215 g/mol. The first-order chi connectivity index (χ1) is 7.94. The van der Waals surface area contributed by atoms with Crippen LogP contribution in [0.2, 0.25) is 0 Å². The molecule has 1 aromatic rings. The van der Waals surface area contributed by atoms with Crippen molar-refractivity contribution in [3.05, 3.63) is 24.0 Å². The number of hydrogen-bond donors (Lipinski definition) is 2. The number of halogens is 1. The Balaban J connectivity index is 2.14. The molecule has 2 rings (SSSR count). The second-order valence-electron chi connectivity index (χ2n) is 6.01. The Morgan fingerprint density at radius 1 is 1.29 bits per heavy atom. The normalized spacial score (nSPS) is 19.9.